The van der Waals surface area contributed by atoms with Gasteiger partial charge < -0.3 is 14.8 Å². The molecule has 1 amide bonds. The van der Waals surface area contributed by atoms with Crippen molar-refractivity contribution in [1.29, 1.82) is 0 Å². The summed E-state index contributed by atoms with van der Waals surface area (Å²) in [5, 5.41) is 2.69. The van der Waals surface area contributed by atoms with Crippen LogP contribution >= 0.6 is 22.6 Å². The Labute approximate surface area is 132 Å². The van der Waals surface area contributed by atoms with Crippen molar-refractivity contribution in [3.8, 4) is 5.75 Å². The number of hydrogen-bond donors (Lipinski definition) is 1. The molecule has 1 rings (SSSR count). The fourth-order valence-electron chi connectivity index (χ4n) is 1.45. The summed E-state index contributed by atoms with van der Waals surface area (Å²) in [6.45, 7) is 2.56. The first-order chi connectivity index (χ1) is 9.61. The maximum absolute atomic E-state index is 11.5. The van der Waals surface area contributed by atoms with E-state index in [1.165, 1.54) is 0 Å². The molecule has 0 bridgehead atoms. The summed E-state index contributed by atoms with van der Waals surface area (Å²) in [5.41, 5.74) is 0. The summed E-state index contributed by atoms with van der Waals surface area (Å²) in [4.78, 5) is 22.6. The lowest BCUT2D eigenvalue weighted by atomic mass is 10.3. The van der Waals surface area contributed by atoms with Crippen molar-refractivity contribution >= 4 is 34.5 Å². The summed E-state index contributed by atoms with van der Waals surface area (Å²) in [5.74, 6) is 0.225. The third-order valence-corrected chi connectivity index (χ3v) is 3.02. The number of rotatable bonds is 8. The molecule has 5 nitrogen and oxygen atoms in total. The van der Waals surface area contributed by atoms with Crippen LogP contribution in [0.4, 0.5) is 0 Å². The molecule has 1 aromatic carbocycles. The number of halogens is 1. The smallest absolute Gasteiger partial charge is 0.305 e. The molecule has 0 atom stereocenters. The molecule has 1 aromatic rings. The molecule has 0 aliphatic carbocycles. The molecule has 0 spiro atoms. The first-order valence-corrected chi connectivity index (χ1v) is 7.50. The molecule has 0 aliphatic heterocycles. The van der Waals surface area contributed by atoms with Gasteiger partial charge in [0.1, 0.15) is 5.75 Å². The van der Waals surface area contributed by atoms with Crippen molar-refractivity contribution in [2.75, 3.05) is 19.8 Å². The van der Waals surface area contributed by atoms with E-state index < -0.39 is 0 Å². The van der Waals surface area contributed by atoms with Crippen molar-refractivity contribution in [1.82, 2.24) is 5.32 Å². The molecular weight excluding hydrogens is 373 g/mol. The van der Waals surface area contributed by atoms with Crippen LogP contribution in [0.5, 0.6) is 5.75 Å². The van der Waals surface area contributed by atoms with Crippen LogP contribution in [0, 0.1) is 3.57 Å². The van der Waals surface area contributed by atoms with Gasteiger partial charge in [0.05, 0.1) is 6.61 Å². The van der Waals surface area contributed by atoms with Gasteiger partial charge >= 0.3 is 5.97 Å². The maximum Gasteiger partial charge on any atom is 0.305 e. The molecule has 0 aliphatic rings. The quantitative estimate of drug-likeness (QED) is 0.419. The van der Waals surface area contributed by atoms with Crippen molar-refractivity contribution in [3.63, 3.8) is 0 Å². The SMILES string of the molecule is CCOC(=O)CCCNC(=O)COc1cccc(I)c1. The monoisotopic (exact) mass is 391 g/mol. The first kappa shape index (κ1) is 16.7. The molecule has 0 fully saturated rings. The average Bonchev–Trinajstić information content (AvgIpc) is 2.42. The van der Waals surface area contributed by atoms with Crippen molar-refractivity contribution in [2.24, 2.45) is 0 Å². The highest BCUT2D eigenvalue weighted by molar-refractivity contribution is 14.1. The molecule has 0 aromatic heterocycles. The highest BCUT2D eigenvalue weighted by Gasteiger charge is 2.04. The van der Waals surface area contributed by atoms with Gasteiger partial charge in [0, 0.05) is 16.5 Å². The van der Waals surface area contributed by atoms with Crippen LogP contribution in [0.3, 0.4) is 0 Å². The number of amides is 1. The lowest BCUT2D eigenvalue weighted by Crippen LogP contribution is -2.30. The summed E-state index contributed by atoms with van der Waals surface area (Å²) in [7, 11) is 0. The Balaban J connectivity index is 2.13. The molecule has 0 saturated heterocycles. The third-order valence-electron chi connectivity index (χ3n) is 2.35. The molecular formula is C14H18INO4. The Kier molecular flexibility index (Phi) is 8.01. The fourth-order valence-corrected chi connectivity index (χ4v) is 1.96. The van der Waals surface area contributed by atoms with Crippen LogP contribution in [0.15, 0.2) is 24.3 Å². The zero-order valence-electron chi connectivity index (χ0n) is 11.4. The van der Waals surface area contributed by atoms with Gasteiger partial charge in [0.25, 0.3) is 5.91 Å². The van der Waals surface area contributed by atoms with E-state index in [4.69, 9.17) is 9.47 Å². The van der Waals surface area contributed by atoms with Gasteiger partial charge in [-0.05, 0) is 54.1 Å². The maximum atomic E-state index is 11.5. The molecule has 6 heteroatoms. The minimum absolute atomic E-state index is 0.0283. The lowest BCUT2D eigenvalue weighted by Gasteiger charge is -2.07. The normalized spacial score (nSPS) is 9.90. The Morgan fingerprint density at radius 3 is 2.85 bits per heavy atom. The number of carbonyl (C=O) groups excluding carboxylic acids is 2. The zero-order chi connectivity index (χ0) is 14.8. The second-order valence-electron chi connectivity index (χ2n) is 4.00. The second kappa shape index (κ2) is 9.57. The van der Waals surface area contributed by atoms with Crippen LogP contribution in [-0.2, 0) is 14.3 Å². The molecule has 0 unspecified atom stereocenters. The minimum atomic E-state index is -0.239. The summed E-state index contributed by atoms with van der Waals surface area (Å²) in [6, 6.07) is 7.47. The molecule has 0 saturated carbocycles. The topological polar surface area (TPSA) is 64.6 Å². The molecule has 20 heavy (non-hydrogen) atoms. The number of ether oxygens (including phenoxy) is 2. The van der Waals surface area contributed by atoms with Gasteiger partial charge in [0.15, 0.2) is 6.61 Å². The van der Waals surface area contributed by atoms with Crippen molar-refractivity contribution in [3.05, 3.63) is 27.8 Å². The van der Waals surface area contributed by atoms with E-state index in [2.05, 4.69) is 27.9 Å². The molecule has 110 valence electrons. The summed E-state index contributed by atoms with van der Waals surface area (Å²) < 4.78 is 11.2. The van der Waals surface area contributed by atoms with E-state index in [-0.39, 0.29) is 18.5 Å². The van der Waals surface area contributed by atoms with E-state index in [1.807, 2.05) is 18.2 Å². The van der Waals surface area contributed by atoms with Gasteiger partial charge in [-0.1, -0.05) is 6.07 Å². The molecule has 1 N–H and O–H groups in total. The Bertz CT molecular complexity index is 451. The number of nitrogens with one attached hydrogen (secondary N) is 1. The highest BCUT2D eigenvalue weighted by Crippen LogP contribution is 2.14. The van der Waals surface area contributed by atoms with E-state index in [0.717, 1.165) is 3.57 Å². The zero-order valence-corrected chi connectivity index (χ0v) is 13.5. The number of benzene rings is 1. The first-order valence-electron chi connectivity index (χ1n) is 6.42. The summed E-state index contributed by atoms with van der Waals surface area (Å²) in [6.07, 6.45) is 0.875. The van der Waals surface area contributed by atoms with Crippen LogP contribution in [0.25, 0.3) is 0 Å². The molecule has 0 radical (unpaired) electrons. The Morgan fingerprint density at radius 1 is 1.35 bits per heavy atom. The predicted molar refractivity (Wildman–Crippen MR) is 83.5 cm³/mol. The standard InChI is InChI=1S/C14H18INO4/c1-2-19-14(18)7-4-8-16-13(17)10-20-12-6-3-5-11(15)9-12/h3,5-6,9H,2,4,7-8,10H2,1H3,(H,16,17). The lowest BCUT2D eigenvalue weighted by molar-refractivity contribution is -0.143. The van der Waals surface area contributed by atoms with Crippen LogP contribution < -0.4 is 10.1 Å². The van der Waals surface area contributed by atoms with Crippen LogP contribution in [-0.4, -0.2) is 31.6 Å². The largest absolute Gasteiger partial charge is 0.484 e. The fraction of sp³-hybridized carbons (Fsp3) is 0.429. The van der Waals surface area contributed by atoms with Gasteiger partial charge in [-0.25, -0.2) is 0 Å². The van der Waals surface area contributed by atoms with Gasteiger partial charge in [-0.3, -0.25) is 9.59 Å². The highest BCUT2D eigenvalue weighted by atomic mass is 127. The van der Waals surface area contributed by atoms with E-state index >= 15 is 0 Å². The van der Waals surface area contributed by atoms with Crippen molar-refractivity contribution < 1.29 is 19.1 Å². The minimum Gasteiger partial charge on any atom is -0.484 e. The number of hydrogen-bond acceptors (Lipinski definition) is 4. The summed E-state index contributed by atoms with van der Waals surface area (Å²) >= 11 is 2.18. The average molecular weight is 391 g/mol. The van der Waals surface area contributed by atoms with Gasteiger partial charge in [-0.2, -0.15) is 0 Å². The van der Waals surface area contributed by atoms with Crippen LogP contribution in [0.2, 0.25) is 0 Å². The number of carbonyl (C=O) groups is 2. The van der Waals surface area contributed by atoms with Crippen molar-refractivity contribution in [2.45, 2.75) is 19.8 Å². The van der Waals surface area contributed by atoms with E-state index in [9.17, 15) is 9.59 Å². The second-order valence-corrected chi connectivity index (χ2v) is 5.25. The third kappa shape index (κ3) is 7.32. The predicted octanol–water partition coefficient (Wildman–Crippen LogP) is 2.13. The number of esters is 1. The van der Waals surface area contributed by atoms with Crippen LogP contribution in [0.1, 0.15) is 19.8 Å². The van der Waals surface area contributed by atoms with E-state index in [1.54, 1.807) is 13.0 Å². The van der Waals surface area contributed by atoms with Gasteiger partial charge in [0.2, 0.25) is 0 Å². The van der Waals surface area contributed by atoms with Gasteiger partial charge in [-0.15, -0.1) is 0 Å². The Morgan fingerprint density at radius 2 is 2.15 bits per heavy atom. The van der Waals surface area contributed by atoms with E-state index in [0.29, 0.717) is 31.7 Å². The molecule has 0 heterocycles. The Hall–Kier alpha value is -1.31.